The van der Waals surface area contributed by atoms with Crippen molar-refractivity contribution in [1.29, 1.82) is 0 Å². The molecule has 0 radical (unpaired) electrons. The van der Waals surface area contributed by atoms with Crippen LogP contribution in [-0.2, 0) is 18.3 Å². The van der Waals surface area contributed by atoms with Crippen molar-refractivity contribution in [2.24, 2.45) is 7.05 Å². The van der Waals surface area contributed by atoms with Gasteiger partial charge in [-0.15, -0.1) is 0 Å². The molecule has 1 aromatic carbocycles. The van der Waals surface area contributed by atoms with Crippen LogP contribution in [0.2, 0.25) is 0 Å². The average Bonchev–Trinajstić information content (AvgIpc) is 2.97. The van der Waals surface area contributed by atoms with Crippen LogP contribution in [0.5, 0.6) is 5.75 Å². The van der Waals surface area contributed by atoms with E-state index in [1.807, 2.05) is 24.3 Å². The molecule has 1 aliphatic rings. The molecule has 0 fully saturated rings. The molecule has 98 valence electrons. The molecular formula is C13H14N4O2. The number of nitrogens with zero attached hydrogens (tertiary/aromatic N) is 2. The van der Waals surface area contributed by atoms with Gasteiger partial charge in [-0.3, -0.25) is 9.48 Å². The van der Waals surface area contributed by atoms with Gasteiger partial charge in [-0.1, -0.05) is 18.2 Å². The second-order valence-corrected chi connectivity index (χ2v) is 4.48. The second-order valence-electron chi connectivity index (χ2n) is 4.48. The first-order valence-corrected chi connectivity index (χ1v) is 5.98. The molecule has 6 heteroatoms. The van der Waals surface area contributed by atoms with E-state index in [9.17, 15) is 4.79 Å². The van der Waals surface area contributed by atoms with Gasteiger partial charge in [-0.25, -0.2) is 0 Å². The number of ether oxygens (including phenoxy) is 1. The zero-order valence-corrected chi connectivity index (χ0v) is 10.5. The molecule has 1 unspecified atom stereocenters. The molecule has 0 spiro atoms. The number of para-hydroxylation sites is 1. The summed E-state index contributed by atoms with van der Waals surface area (Å²) in [7, 11) is 1.72. The Labute approximate surface area is 110 Å². The minimum atomic E-state index is -0.522. The number of nitrogens with two attached hydrogens (primary N) is 1. The molecule has 3 rings (SSSR count). The minimum absolute atomic E-state index is 0.216. The highest BCUT2D eigenvalue weighted by molar-refractivity contribution is 5.96. The Morgan fingerprint density at radius 1 is 1.53 bits per heavy atom. The number of anilines is 2. The molecule has 2 aromatic rings. The Kier molecular flexibility index (Phi) is 2.63. The lowest BCUT2D eigenvalue weighted by Crippen LogP contribution is -2.32. The Morgan fingerprint density at radius 2 is 2.32 bits per heavy atom. The van der Waals surface area contributed by atoms with E-state index in [4.69, 9.17) is 10.5 Å². The van der Waals surface area contributed by atoms with Gasteiger partial charge in [0.25, 0.3) is 5.91 Å². The monoisotopic (exact) mass is 258 g/mol. The van der Waals surface area contributed by atoms with E-state index in [-0.39, 0.29) is 5.91 Å². The first kappa shape index (κ1) is 11.6. The number of hydrogen-bond acceptors (Lipinski definition) is 4. The number of nitrogen functional groups attached to an aromatic ring is 1. The van der Waals surface area contributed by atoms with Crippen LogP contribution in [0.15, 0.2) is 30.5 Å². The third-order valence-electron chi connectivity index (χ3n) is 3.15. The normalized spacial score (nSPS) is 16.8. The van der Waals surface area contributed by atoms with Gasteiger partial charge < -0.3 is 15.8 Å². The van der Waals surface area contributed by atoms with Crippen molar-refractivity contribution < 1.29 is 9.53 Å². The number of carbonyl (C=O) groups excluding carboxylic acids is 1. The summed E-state index contributed by atoms with van der Waals surface area (Å²) < 4.78 is 7.14. The van der Waals surface area contributed by atoms with Crippen molar-refractivity contribution in [1.82, 2.24) is 9.78 Å². The Morgan fingerprint density at radius 3 is 3.00 bits per heavy atom. The molecule has 19 heavy (non-hydrogen) atoms. The Hall–Kier alpha value is -2.50. The van der Waals surface area contributed by atoms with Gasteiger partial charge in [-0.05, 0) is 11.6 Å². The maximum atomic E-state index is 12.2. The number of aryl methyl sites for hydroxylation is 1. The summed E-state index contributed by atoms with van der Waals surface area (Å²) in [5.41, 5.74) is 7.21. The van der Waals surface area contributed by atoms with Gasteiger partial charge in [0, 0.05) is 13.5 Å². The lowest BCUT2D eigenvalue weighted by Gasteiger charge is -2.11. The van der Waals surface area contributed by atoms with Crippen LogP contribution in [0.25, 0.3) is 0 Å². The van der Waals surface area contributed by atoms with Crippen molar-refractivity contribution in [3.05, 3.63) is 36.0 Å². The zero-order chi connectivity index (χ0) is 13.4. The van der Waals surface area contributed by atoms with E-state index >= 15 is 0 Å². The zero-order valence-electron chi connectivity index (χ0n) is 10.5. The third kappa shape index (κ3) is 2.01. The Balaban J connectivity index is 1.74. The van der Waals surface area contributed by atoms with E-state index in [1.165, 1.54) is 10.9 Å². The van der Waals surface area contributed by atoms with Gasteiger partial charge in [0.2, 0.25) is 0 Å². The van der Waals surface area contributed by atoms with E-state index < -0.39 is 6.10 Å². The van der Waals surface area contributed by atoms with Gasteiger partial charge >= 0.3 is 0 Å². The van der Waals surface area contributed by atoms with Crippen LogP contribution in [0, 0.1) is 0 Å². The van der Waals surface area contributed by atoms with Crippen LogP contribution in [0.3, 0.4) is 0 Å². The molecule has 6 nitrogen and oxygen atoms in total. The SMILES string of the molecule is Cn1ncc(N)c1NC(=O)C1Cc2ccccc2O1. The van der Waals surface area contributed by atoms with E-state index in [0.29, 0.717) is 17.9 Å². The summed E-state index contributed by atoms with van der Waals surface area (Å²) >= 11 is 0. The molecule has 1 aliphatic heterocycles. The standard InChI is InChI=1S/C13H14N4O2/c1-17-12(9(14)7-15-17)16-13(18)11-6-8-4-2-3-5-10(8)19-11/h2-5,7,11H,6,14H2,1H3,(H,16,18). The molecule has 0 saturated carbocycles. The largest absolute Gasteiger partial charge is 0.480 e. The number of fused-ring (bicyclic) bond motifs is 1. The topological polar surface area (TPSA) is 82.2 Å². The fourth-order valence-electron chi connectivity index (χ4n) is 2.13. The van der Waals surface area contributed by atoms with E-state index in [0.717, 1.165) is 11.3 Å². The van der Waals surface area contributed by atoms with E-state index in [1.54, 1.807) is 7.05 Å². The first-order chi connectivity index (χ1) is 9.15. The predicted octanol–water partition coefficient (Wildman–Crippen LogP) is 0.944. The molecule has 0 aliphatic carbocycles. The number of rotatable bonds is 2. The van der Waals surface area contributed by atoms with Crippen LogP contribution in [-0.4, -0.2) is 21.8 Å². The van der Waals surface area contributed by atoms with Crippen LogP contribution >= 0.6 is 0 Å². The lowest BCUT2D eigenvalue weighted by molar-refractivity contribution is -0.122. The van der Waals surface area contributed by atoms with Crippen molar-refractivity contribution in [2.45, 2.75) is 12.5 Å². The fraction of sp³-hybridized carbons (Fsp3) is 0.231. The van der Waals surface area contributed by atoms with Crippen LogP contribution in [0.1, 0.15) is 5.56 Å². The molecule has 1 atom stereocenters. The van der Waals surface area contributed by atoms with Gasteiger partial charge in [0.1, 0.15) is 5.75 Å². The molecule has 1 amide bonds. The number of amides is 1. The molecule has 0 bridgehead atoms. The minimum Gasteiger partial charge on any atom is -0.480 e. The van der Waals surface area contributed by atoms with Crippen LogP contribution < -0.4 is 15.8 Å². The Bertz CT molecular complexity index is 591. The molecule has 0 saturated heterocycles. The maximum Gasteiger partial charge on any atom is 0.266 e. The van der Waals surface area contributed by atoms with Crippen molar-refractivity contribution in [2.75, 3.05) is 11.1 Å². The smallest absolute Gasteiger partial charge is 0.266 e. The quantitative estimate of drug-likeness (QED) is 0.840. The first-order valence-electron chi connectivity index (χ1n) is 5.98. The van der Waals surface area contributed by atoms with Crippen molar-refractivity contribution in [3.63, 3.8) is 0 Å². The molecule has 2 heterocycles. The summed E-state index contributed by atoms with van der Waals surface area (Å²) in [4.78, 5) is 12.2. The molecular weight excluding hydrogens is 244 g/mol. The highest BCUT2D eigenvalue weighted by atomic mass is 16.5. The highest BCUT2D eigenvalue weighted by Crippen LogP contribution is 2.29. The summed E-state index contributed by atoms with van der Waals surface area (Å²) in [6, 6.07) is 7.64. The number of nitrogens with one attached hydrogen (secondary N) is 1. The number of carbonyl (C=O) groups is 1. The van der Waals surface area contributed by atoms with Gasteiger partial charge in [0.15, 0.2) is 11.9 Å². The van der Waals surface area contributed by atoms with Crippen LogP contribution in [0.4, 0.5) is 11.5 Å². The average molecular weight is 258 g/mol. The predicted molar refractivity (Wildman–Crippen MR) is 70.8 cm³/mol. The maximum absolute atomic E-state index is 12.2. The summed E-state index contributed by atoms with van der Waals surface area (Å²) in [6.45, 7) is 0. The summed E-state index contributed by atoms with van der Waals surface area (Å²) in [6.07, 6.45) is 1.55. The fourth-order valence-corrected chi connectivity index (χ4v) is 2.13. The van der Waals surface area contributed by atoms with E-state index in [2.05, 4.69) is 10.4 Å². The number of hydrogen-bond donors (Lipinski definition) is 2. The lowest BCUT2D eigenvalue weighted by atomic mass is 10.1. The van der Waals surface area contributed by atoms with Crippen molar-refractivity contribution >= 4 is 17.4 Å². The third-order valence-corrected chi connectivity index (χ3v) is 3.15. The second kappa shape index (κ2) is 4.31. The highest BCUT2D eigenvalue weighted by Gasteiger charge is 2.29. The van der Waals surface area contributed by atoms with Gasteiger partial charge in [0.05, 0.1) is 11.9 Å². The van der Waals surface area contributed by atoms with Crippen molar-refractivity contribution in [3.8, 4) is 5.75 Å². The van der Waals surface area contributed by atoms with Gasteiger partial charge in [-0.2, -0.15) is 5.10 Å². The molecule has 1 aromatic heterocycles. The number of benzene rings is 1. The number of aromatic nitrogens is 2. The summed E-state index contributed by atoms with van der Waals surface area (Å²) in [5, 5.41) is 6.72. The summed E-state index contributed by atoms with van der Waals surface area (Å²) in [5.74, 6) is 1.04. The molecule has 3 N–H and O–H groups in total.